The fraction of sp³-hybridized carbons (Fsp3) is 0.208. The zero-order chi connectivity index (χ0) is 24.1. The number of hydrogen-bond acceptors (Lipinski definition) is 8. The largest absolute Gasteiger partial charge is 0.296 e. The van der Waals surface area contributed by atoms with Crippen LogP contribution in [0.5, 0.6) is 0 Å². The molecule has 3 aliphatic heterocycles. The van der Waals surface area contributed by atoms with Gasteiger partial charge in [-0.25, -0.2) is 4.90 Å². The highest BCUT2D eigenvalue weighted by molar-refractivity contribution is 6.48. The van der Waals surface area contributed by atoms with Crippen molar-refractivity contribution in [2.75, 3.05) is 11.4 Å². The summed E-state index contributed by atoms with van der Waals surface area (Å²) in [5.41, 5.74) is 3.75. The molecule has 0 unspecified atom stereocenters. The van der Waals surface area contributed by atoms with Crippen LogP contribution < -0.4 is 10.3 Å². The van der Waals surface area contributed by atoms with E-state index < -0.39 is 41.4 Å². The van der Waals surface area contributed by atoms with E-state index in [1.807, 2.05) is 0 Å². The first-order valence-electron chi connectivity index (χ1n) is 10.6. The van der Waals surface area contributed by atoms with Gasteiger partial charge in [0, 0.05) is 18.5 Å². The van der Waals surface area contributed by atoms with Crippen LogP contribution in [0.1, 0.15) is 44.4 Å². The van der Waals surface area contributed by atoms with Crippen molar-refractivity contribution in [1.82, 2.24) is 10.3 Å². The Morgan fingerprint density at radius 3 is 2.12 bits per heavy atom. The predicted molar refractivity (Wildman–Crippen MR) is 118 cm³/mol. The average Bonchev–Trinajstić information content (AvgIpc) is 3.45. The van der Waals surface area contributed by atoms with E-state index in [0.29, 0.717) is 5.56 Å². The van der Waals surface area contributed by atoms with Crippen molar-refractivity contribution >= 4 is 46.6 Å². The van der Waals surface area contributed by atoms with E-state index in [1.54, 1.807) is 24.3 Å². The number of benzene rings is 2. The second kappa shape index (κ2) is 7.84. The Kier molecular flexibility index (Phi) is 4.93. The number of nitrogens with zero attached hydrogens (tertiary/aromatic N) is 3. The summed E-state index contributed by atoms with van der Waals surface area (Å²) in [5.74, 6) is -3.92. The molecular formula is C24H18N4O6. The number of Topliss-reactive ketones (excluding diaryl/α,β-unsaturated/α-hetero) is 2. The molecule has 170 valence electrons. The molecule has 0 spiro atoms. The lowest BCUT2D eigenvalue weighted by Gasteiger charge is -2.16. The van der Waals surface area contributed by atoms with Crippen molar-refractivity contribution in [2.24, 2.45) is 11.0 Å². The second-order valence-electron chi connectivity index (χ2n) is 8.18. The van der Waals surface area contributed by atoms with Gasteiger partial charge in [-0.3, -0.25) is 39.1 Å². The van der Waals surface area contributed by atoms with Gasteiger partial charge in [-0.05, 0) is 43.3 Å². The Balaban J connectivity index is 1.30. The number of hydrazone groups is 1. The van der Waals surface area contributed by atoms with E-state index >= 15 is 0 Å². The van der Waals surface area contributed by atoms with Crippen LogP contribution in [0.2, 0.25) is 0 Å². The summed E-state index contributed by atoms with van der Waals surface area (Å²) in [5, 5.41) is 3.92. The van der Waals surface area contributed by atoms with Gasteiger partial charge in [0.25, 0.3) is 17.7 Å². The summed E-state index contributed by atoms with van der Waals surface area (Å²) in [7, 11) is 0. The maximum Gasteiger partial charge on any atom is 0.261 e. The molecule has 0 aliphatic carbocycles. The molecular weight excluding hydrogens is 440 g/mol. The van der Waals surface area contributed by atoms with E-state index in [2.05, 4.69) is 10.5 Å². The number of hydrogen-bond donors (Lipinski definition) is 1. The Bertz CT molecular complexity index is 1290. The van der Waals surface area contributed by atoms with Crippen molar-refractivity contribution in [2.45, 2.75) is 19.4 Å². The third-order valence-corrected chi connectivity index (χ3v) is 6.18. The number of imide groups is 2. The van der Waals surface area contributed by atoms with Crippen molar-refractivity contribution < 1.29 is 28.8 Å². The van der Waals surface area contributed by atoms with Crippen LogP contribution in [0.25, 0.3) is 0 Å². The number of ketones is 2. The molecule has 3 heterocycles. The minimum absolute atomic E-state index is 0.109. The highest BCUT2D eigenvalue weighted by Crippen LogP contribution is 2.31. The summed E-state index contributed by atoms with van der Waals surface area (Å²) in [6.45, 7) is 1.24. The van der Waals surface area contributed by atoms with Gasteiger partial charge in [-0.15, -0.1) is 0 Å². The number of anilines is 1. The first-order chi connectivity index (χ1) is 16.3. The molecule has 2 atom stereocenters. The Morgan fingerprint density at radius 2 is 1.53 bits per heavy atom. The number of fused-ring (bicyclic) bond motifs is 2. The molecule has 10 nitrogen and oxygen atoms in total. The fourth-order valence-electron chi connectivity index (χ4n) is 4.40. The van der Waals surface area contributed by atoms with Gasteiger partial charge in [-0.2, -0.15) is 5.10 Å². The van der Waals surface area contributed by atoms with Crippen LogP contribution in [0.4, 0.5) is 5.69 Å². The van der Waals surface area contributed by atoms with Crippen molar-refractivity contribution in [3.63, 3.8) is 0 Å². The average molecular weight is 458 g/mol. The van der Waals surface area contributed by atoms with Gasteiger partial charge < -0.3 is 0 Å². The molecule has 0 aromatic heterocycles. The van der Waals surface area contributed by atoms with Crippen LogP contribution >= 0.6 is 0 Å². The molecule has 10 heteroatoms. The van der Waals surface area contributed by atoms with Crippen LogP contribution in [0.15, 0.2) is 53.6 Å². The molecule has 3 aliphatic rings. The SMILES string of the molecule is CC(=O)c1ccc(N2C(=O)[C@@H]3C(C(=O)CCN4C(=O)c5ccccc5C4=O)=NN[C@@H]3C2=O)cc1. The summed E-state index contributed by atoms with van der Waals surface area (Å²) in [4.78, 5) is 77.3. The van der Waals surface area contributed by atoms with Crippen LogP contribution in [0, 0.1) is 5.92 Å². The number of nitrogens with one attached hydrogen (secondary N) is 1. The third kappa shape index (κ3) is 3.14. The number of carbonyl (C=O) groups is 6. The second-order valence-corrected chi connectivity index (χ2v) is 8.18. The Hall–Kier alpha value is -4.47. The molecule has 2 aromatic carbocycles. The zero-order valence-electron chi connectivity index (χ0n) is 18.0. The summed E-state index contributed by atoms with van der Waals surface area (Å²) in [6, 6.07) is 11.4. The van der Waals surface area contributed by atoms with E-state index in [-0.39, 0.29) is 41.3 Å². The highest BCUT2D eigenvalue weighted by atomic mass is 16.2. The van der Waals surface area contributed by atoms with Gasteiger partial charge in [0.1, 0.15) is 17.7 Å². The van der Waals surface area contributed by atoms with E-state index in [9.17, 15) is 28.8 Å². The molecule has 2 aromatic rings. The molecule has 1 saturated heterocycles. The van der Waals surface area contributed by atoms with E-state index in [1.165, 1.54) is 31.2 Å². The lowest BCUT2D eigenvalue weighted by atomic mass is 9.94. The Labute approximate surface area is 193 Å². The van der Waals surface area contributed by atoms with Gasteiger partial charge in [-0.1, -0.05) is 12.1 Å². The topological polar surface area (TPSA) is 133 Å². The van der Waals surface area contributed by atoms with Gasteiger partial charge in [0.05, 0.1) is 16.8 Å². The molecule has 1 N–H and O–H groups in total. The summed E-state index contributed by atoms with van der Waals surface area (Å²) < 4.78 is 0. The minimum atomic E-state index is -1.10. The normalized spacial score (nSPS) is 20.9. The van der Waals surface area contributed by atoms with E-state index in [0.717, 1.165) is 9.80 Å². The standard InChI is InChI=1S/C24H18N4O6/c1-12(29)13-6-8-14(9-7-13)28-23(33)18-19(25-26-20(18)24(28)34)17(30)10-11-27-21(31)15-4-2-3-5-16(15)22(27)32/h2-9,18,20,26H,10-11H2,1H3/t18-,20+/m1/s1. The van der Waals surface area contributed by atoms with Crippen LogP contribution in [0.3, 0.4) is 0 Å². The fourth-order valence-corrected chi connectivity index (χ4v) is 4.40. The number of rotatable bonds is 6. The highest BCUT2D eigenvalue weighted by Gasteiger charge is 2.55. The van der Waals surface area contributed by atoms with Crippen LogP contribution in [-0.4, -0.2) is 58.4 Å². The molecule has 5 rings (SSSR count). The molecule has 34 heavy (non-hydrogen) atoms. The quantitative estimate of drug-likeness (QED) is 0.503. The molecule has 4 amide bonds. The number of amides is 4. The maximum atomic E-state index is 13.1. The third-order valence-electron chi connectivity index (χ3n) is 6.18. The van der Waals surface area contributed by atoms with Gasteiger partial charge in [0.15, 0.2) is 11.6 Å². The lowest BCUT2D eigenvalue weighted by Crippen LogP contribution is -2.36. The lowest BCUT2D eigenvalue weighted by molar-refractivity contribution is -0.122. The van der Waals surface area contributed by atoms with Crippen molar-refractivity contribution in [3.8, 4) is 0 Å². The predicted octanol–water partition coefficient (Wildman–Crippen LogP) is 0.962. The molecule has 0 saturated carbocycles. The van der Waals surface area contributed by atoms with Crippen molar-refractivity contribution in [1.29, 1.82) is 0 Å². The first kappa shape index (κ1) is 21.4. The van der Waals surface area contributed by atoms with E-state index in [4.69, 9.17) is 0 Å². The maximum absolute atomic E-state index is 13.1. The molecule has 0 radical (unpaired) electrons. The summed E-state index contributed by atoms with van der Waals surface area (Å²) in [6.07, 6.45) is -0.232. The smallest absolute Gasteiger partial charge is 0.261 e. The van der Waals surface area contributed by atoms with Gasteiger partial charge in [0.2, 0.25) is 5.91 Å². The monoisotopic (exact) mass is 458 g/mol. The molecule has 1 fully saturated rings. The Morgan fingerprint density at radius 1 is 0.912 bits per heavy atom. The molecule has 0 bridgehead atoms. The zero-order valence-corrected chi connectivity index (χ0v) is 18.0. The summed E-state index contributed by atoms with van der Waals surface area (Å²) >= 11 is 0. The van der Waals surface area contributed by atoms with Crippen LogP contribution in [-0.2, 0) is 14.4 Å². The first-order valence-corrected chi connectivity index (χ1v) is 10.6. The minimum Gasteiger partial charge on any atom is -0.296 e. The van der Waals surface area contributed by atoms with Gasteiger partial charge >= 0.3 is 0 Å². The number of carbonyl (C=O) groups excluding carboxylic acids is 6. The van der Waals surface area contributed by atoms with Crippen molar-refractivity contribution in [3.05, 3.63) is 65.2 Å².